The van der Waals surface area contributed by atoms with Crippen molar-refractivity contribution in [2.24, 2.45) is 0 Å². The van der Waals surface area contributed by atoms with E-state index in [0.29, 0.717) is 0 Å². The zero-order chi connectivity index (χ0) is 67.0. The van der Waals surface area contributed by atoms with Gasteiger partial charge < -0.3 is 99.5 Å². The number of esters is 16. The fraction of sp³-hybridized carbons (Fsp3) is 0.692. The molecule has 4 saturated heterocycles. The van der Waals surface area contributed by atoms with Gasteiger partial charge in [-0.25, -0.2) is 9.59 Å². The normalized spacial score (nSPS) is 31.3. The quantitative estimate of drug-likeness (QED) is 0.0786. The maximum atomic E-state index is 14.3. The van der Waals surface area contributed by atoms with Gasteiger partial charge >= 0.3 is 95.5 Å². The second-order valence-corrected chi connectivity index (χ2v) is 19.4. The minimum absolute atomic E-state index is 0.837. The molecule has 0 saturated carbocycles. The number of hydrogen-bond donors (Lipinski definition) is 0. The monoisotopic (exact) mass is 1280 g/mol. The third kappa shape index (κ3) is 21.3. The Morgan fingerprint density at radius 3 is 0.652 bits per heavy atom. The fourth-order valence-corrected chi connectivity index (χ4v) is 9.27. The average Bonchev–Trinajstić information content (AvgIpc) is 0.908. The number of hydrogen-bond acceptors (Lipinski definition) is 37. The molecule has 4 fully saturated rings. The molecule has 0 aliphatic carbocycles. The van der Waals surface area contributed by atoms with Crippen molar-refractivity contribution in [3.05, 3.63) is 0 Å². The molecule has 4 aliphatic rings. The van der Waals surface area contributed by atoms with Crippen molar-refractivity contribution < 1.29 is 176 Å². The van der Waals surface area contributed by atoms with Crippen molar-refractivity contribution in [2.45, 2.75) is 220 Å². The third-order valence-electron chi connectivity index (χ3n) is 11.9. The molecule has 9 unspecified atom stereocenters. The molecule has 0 aromatic carbocycles. The van der Waals surface area contributed by atoms with Gasteiger partial charge in [-0.2, -0.15) is 0 Å². The molecule has 0 spiro atoms. The molecule has 0 amide bonds. The van der Waals surface area contributed by atoms with Crippen LogP contribution in [0.2, 0.25) is 0 Å². The lowest BCUT2D eigenvalue weighted by Crippen LogP contribution is -2.67. The van der Waals surface area contributed by atoms with Crippen molar-refractivity contribution in [3.63, 3.8) is 0 Å². The highest BCUT2D eigenvalue weighted by molar-refractivity contribution is 5.79. The minimum atomic E-state index is -2.35. The molecule has 496 valence electrons. The summed E-state index contributed by atoms with van der Waals surface area (Å²) in [6.07, 6.45) is -42.0. The summed E-state index contributed by atoms with van der Waals surface area (Å²) in [6, 6.07) is 0. The summed E-state index contributed by atoms with van der Waals surface area (Å²) < 4.78 is 116. The molecular weight excluding hydrogens is 1220 g/mol. The van der Waals surface area contributed by atoms with Crippen LogP contribution in [0.25, 0.3) is 0 Å². The van der Waals surface area contributed by atoms with Gasteiger partial charge in [-0.05, 0) is 0 Å². The van der Waals surface area contributed by atoms with E-state index in [-0.39, 0.29) is 0 Å². The molecule has 4 rings (SSSR count). The fourth-order valence-electron chi connectivity index (χ4n) is 9.27. The molecule has 4 aliphatic heterocycles. The van der Waals surface area contributed by atoms with Crippen molar-refractivity contribution in [1.82, 2.24) is 0 Å². The van der Waals surface area contributed by atoms with E-state index >= 15 is 0 Å². The second-order valence-electron chi connectivity index (χ2n) is 19.4. The molecule has 0 bridgehead atoms. The van der Waals surface area contributed by atoms with Crippen LogP contribution in [0.3, 0.4) is 0 Å². The maximum Gasteiger partial charge on any atom is 0.339 e. The molecule has 0 aromatic rings. The van der Waals surface area contributed by atoms with Crippen molar-refractivity contribution in [3.8, 4) is 0 Å². The van der Waals surface area contributed by atoms with Crippen LogP contribution in [0.1, 0.15) is 96.9 Å². The van der Waals surface area contributed by atoms with Crippen LogP contribution in [-0.4, -0.2) is 232 Å². The molecule has 0 N–H and O–H groups in total. The van der Waals surface area contributed by atoms with Crippen LogP contribution in [0.4, 0.5) is 0 Å². The number of carbonyl (C=O) groups excluding carboxylic acids is 16. The summed E-state index contributed by atoms with van der Waals surface area (Å²) in [7, 11) is 0. The van der Waals surface area contributed by atoms with Gasteiger partial charge in [0.2, 0.25) is 37.4 Å². The zero-order valence-corrected chi connectivity index (χ0v) is 50.1. The summed E-state index contributed by atoms with van der Waals surface area (Å²) in [5.41, 5.74) is 0. The van der Waals surface area contributed by atoms with Gasteiger partial charge in [0.1, 0.15) is 25.4 Å². The average molecular weight is 1280 g/mol. The predicted octanol–water partition coefficient (Wildman–Crippen LogP) is -2.70. The van der Waals surface area contributed by atoms with E-state index in [4.69, 9.17) is 99.5 Å². The number of carbonyl (C=O) groups is 16. The molecular formula is C52H66O37. The smallest absolute Gasteiger partial charge is 0.339 e. The maximum absolute atomic E-state index is 14.3. The Kier molecular flexibility index (Phi) is 26.6. The van der Waals surface area contributed by atoms with Gasteiger partial charge in [-0.3, -0.25) is 67.1 Å². The van der Waals surface area contributed by atoms with E-state index < -0.39 is 232 Å². The van der Waals surface area contributed by atoms with Crippen LogP contribution in [0.15, 0.2) is 0 Å². The first kappa shape index (κ1) is 72.8. The van der Waals surface area contributed by atoms with E-state index in [1.54, 1.807) is 0 Å². The molecule has 20 atom stereocenters. The Bertz CT molecular complexity index is 2520. The Morgan fingerprint density at radius 1 is 0.225 bits per heavy atom. The van der Waals surface area contributed by atoms with Crippen molar-refractivity contribution >= 4 is 95.5 Å². The SMILES string of the molecule is CC(=O)OC1C(OC(C)=O)[C@H](OC(C)=O)C(COC(=O)C2O[C@@H](OC(C)=O)C(OC(C)=O)[C@@H](OC(C)=O)[C@H]2OC(C)=O)O[C@H]1OC1OC(COC(=O)C2O[C@H](OC(C)=O)[C@H](OC(C)=O)C(OC(C)=O)[C@H]2OC(C)=O)[C@H](OC(C)=O)[C@H](OC(C)=O)[C@@H]1OC(C)=O. The van der Waals surface area contributed by atoms with Gasteiger partial charge in [0.15, 0.2) is 73.2 Å². The van der Waals surface area contributed by atoms with Crippen LogP contribution < -0.4 is 0 Å². The summed E-state index contributed by atoms with van der Waals surface area (Å²) in [5.74, 6) is -19.1. The van der Waals surface area contributed by atoms with E-state index in [1.807, 2.05) is 0 Å². The first-order valence-electron chi connectivity index (χ1n) is 26.5. The number of ether oxygens (including phenoxy) is 21. The molecule has 89 heavy (non-hydrogen) atoms. The van der Waals surface area contributed by atoms with E-state index in [0.717, 1.165) is 96.9 Å². The highest BCUT2D eigenvalue weighted by Gasteiger charge is 2.61. The predicted molar refractivity (Wildman–Crippen MR) is 268 cm³/mol. The van der Waals surface area contributed by atoms with Gasteiger partial charge in [0.25, 0.3) is 0 Å². The lowest BCUT2D eigenvalue weighted by Gasteiger charge is -2.48. The van der Waals surface area contributed by atoms with E-state index in [9.17, 15) is 76.7 Å². The van der Waals surface area contributed by atoms with Gasteiger partial charge in [-0.1, -0.05) is 0 Å². The minimum Gasteiger partial charge on any atom is -0.461 e. The van der Waals surface area contributed by atoms with Crippen LogP contribution in [0, 0.1) is 0 Å². The first-order chi connectivity index (χ1) is 41.5. The second kappa shape index (κ2) is 32.5. The van der Waals surface area contributed by atoms with Crippen molar-refractivity contribution in [2.75, 3.05) is 13.2 Å². The topological polar surface area (TPSA) is 467 Å². The van der Waals surface area contributed by atoms with Gasteiger partial charge in [0.05, 0.1) is 0 Å². The largest absolute Gasteiger partial charge is 0.461 e. The zero-order valence-electron chi connectivity index (χ0n) is 50.1. The van der Waals surface area contributed by atoms with Crippen LogP contribution in [-0.2, 0) is 176 Å². The molecule has 4 heterocycles. The Hall–Kier alpha value is -8.68. The Balaban J connectivity index is 1.88. The summed E-state index contributed by atoms with van der Waals surface area (Å²) in [5, 5.41) is 0. The lowest BCUT2D eigenvalue weighted by atomic mass is 9.96. The van der Waals surface area contributed by atoms with Crippen molar-refractivity contribution in [1.29, 1.82) is 0 Å². The highest BCUT2D eigenvalue weighted by Crippen LogP contribution is 2.38. The molecule has 0 radical (unpaired) electrons. The standard InChI is InChI=1S/C52H66O37/c1-17(53)71-33-31(15-69-47(67)41-37(75-21(5)57)39(77-23(7)59)45(81-27(11)63)49(87-41)83-29(13)65)85-51(43(79-25(9)61)35(33)73-19(3)55)89-52-44(80-26(10)62)36(74-20(4)56)34(72-18(2)54)32(86-52)16-70-48(68)42-38(76-22(6)58)40(78-24(8)60)46(82-28(12)64)50(88-42)84-30(14)66/h31-46,49-52H,15-16H2,1-14H3/t31?,32?,33-,34+,35-,36?,37+,38+,39?,40-,41?,42?,43-,44?,45+,46?,49-,50+,51?,52-/m0/s1. The first-order valence-corrected chi connectivity index (χ1v) is 26.5. The summed E-state index contributed by atoms with van der Waals surface area (Å²) in [6.45, 7) is 9.67. The Morgan fingerprint density at radius 2 is 0.416 bits per heavy atom. The van der Waals surface area contributed by atoms with E-state index in [2.05, 4.69) is 0 Å². The lowest BCUT2D eigenvalue weighted by molar-refractivity contribution is -0.377. The third-order valence-corrected chi connectivity index (χ3v) is 11.9. The molecule has 37 heteroatoms. The van der Waals surface area contributed by atoms with Crippen LogP contribution in [0.5, 0.6) is 0 Å². The molecule has 37 nitrogen and oxygen atoms in total. The highest BCUT2D eigenvalue weighted by atomic mass is 16.8. The van der Waals surface area contributed by atoms with Crippen LogP contribution >= 0.6 is 0 Å². The Labute approximate surface area is 503 Å². The summed E-state index contributed by atoms with van der Waals surface area (Å²) >= 11 is 0. The van der Waals surface area contributed by atoms with E-state index in [1.165, 1.54) is 0 Å². The van der Waals surface area contributed by atoms with Gasteiger partial charge in [0, 0.05) is 96.9 Å². The summed E-state index contributed by atoms with van der Waals surface area (Å²) in [4.78, 5) is 205. The molecule has 0 aromatic heterocycles. The van der Waals surface area contributed by atoms with Gasteiger partial charge in [-0.15, -0.1) is 0 Å². The number of rotatable bonds is 22.